The molecule has 0 radical (unpaired) electrons. The molecule has 0 aromatic heterocycles. The molecule has 0 N–H and O–H groups in total. The van der Waals surface area contributed by atoms with Gasteiger partial charge in [-0.2, -0.15) is 5.70 Å². The van der Waals surface area contributed by atoms with Crippen molar-refractivity contribution >= 4 is 37.2 Å². The van der Waals surface area contributed by atoms with Gasteiger partial charge in [-0.05, 0) is 0 Å². The van der Waals surface area contributed by atoms with Crippen molar-refractivity contribution in [2.45, 2.75) is 25.3 Å². The van der Waals surface area contributed by atoms with E-state index in [1.807, 2.05) is 0 Å². The van der Waals surface area contributed by atoms with Crippen LogP contribution in [0.1, 0.15) is 19.3 Å². The molecule has 3 nitrogen and oxygen atoms in total. The van der Waals surface area contributed by atoms with E-state index < -0.39 is 0 Å². The zero-order valence-electron chi connectivity index (χ0n) is 9.28. The van der Waals surface area contributed by atoms with E-state index in [0.29, 0.717) is 25.8 Å². The van der Waals surface area contributed by atoms with E-state index in [9.17, 15) is 0 Å². The summed E-state index contributed by atoms with van der Waals surface area (Å²) in [6.45, 7) is 1.87. The molecule has 2 rings (SSSR count). The normalized spacial score (nSPS) is 20.9. The Kier molecular flexibility index (Phi) is 19.6. The van der Waals surface area contributed by atoms with Gasteiger partial charge in [0.15, 0.2) is 0 Å². The van der Waals surface area contributed by atoms with E-state index in [2.05, 4.69) is 28.9 Å². The summed E-state index contributed by atoms with van der Waals surface area (Å²) in [7, 11) is 0. The van der Waals surface area contributed by atoms with Gasteiger partial charge < -0.3 is 10.6 Å². The average Bonchev–Trinajstić information content (AvgIpc) is 2.34. The Labute approximate surface area is 133 Å². The van der Waals surface area contributed by atoms with E-state index in [1.54, 1.807) is 0 Å². The van der Waals surface area contributed by atoms with Crippen LogP contribution in [0.15, 0.2) is 23.9 Å². The molecule has 7 heteroatoms. The van der Waals surface area contributed by atoms with Crippen molar-refractivity contribution in [2.75, 3.05) is 13.1 Å². The van der Waals surface area contributed by atoms with Crippen LogP contribution in [0.25, 0.3) is 10.6 Å². The number of allylic oxidation sites excluding steroid dienone is 2. The maximum absolute atomic E-state index is 8.26. The molecule has 0 aliphatic carbocycles. The van der Waals surface area contributed by atoms with E-state index >= 15 is 0 Å². The molecule has 1 saturated heterocycles. The van der Waals surface area contributed by atoms with Crippen LogP contribution in [-0.4, -0.2) is 19.1 Å². The third-order valence-electron chi connectivity index (χ3n) is 2.36. The Hall–Kier alpha value is 0.598. The van der Waals surface area contributed by atoms with Crippen molar-refractivity contribution in [3.63, 3.8) is 0 Å². The van der Waals surface area contributed by atoms with Gasteiger partial charge in [-0.3, -0.25) is 0 Å². The maximum atomic E-state index is 8.26. The number of hydrogen-bond donors (Lipinski definition) is 0. The number of rotatable bonds is 1. The van der Waals surface area contributed by atoms with Crippen LogP contribution in [0, 0.1) is 0 Å². The minimum absolute atomic E-state index is 0. The Morgan fingerprint density at radius 1 is 1.18 bits per heavy atom. The van der Waals surface area contributed by atoms with Gasteiger partial charge in [0.1, 0.15) is 0 Å². The van der Waals surface area contributed by atoms with Gasteiger partial charge in [0, 0.05) is 0 Å². The minimum atomic E-state index is 0. The summed E-state index contributed by atoms with van der Waals surface area (Å²) in [6.07, 6.45) is 10.0. The Balaban J connectivity index is -0.000000373. The zero-order valence-corrected chi connectivity index (χ0v) is 13.7. The second-order valence-corrected chi connectivity index (χ2v) is 3.28. The number of hydrogen-bond acceptors (Lipinski definition) is 1. The van der Waals surface area contributed by atoms with Crippen LogP contribution in [0.3, 0.4) is 0 Å². The number of nitrogens with zero attached hydrogens (tertiary/aromatic N) is 2. The Morgan fingerprint density at radius 3 is 2.35 bits per heavy atom. The predicted octanol–water partition coefficient (Wildman–Crippen LogP) is 3.88. The van der Waals surface area contributed by atoms with Gasteiger partial charge in [-0.1, -0.05) is 31.4 Å². The number of piperidine rings is 1. The molecule has 102 valence electrons. The molecular formula is C10H17Cl3MoN2O-2. The van der Waals surface area contributed by atoms with Crippen LogP contribution in [-0.2, 0) is 23.2 Å². The fourth-order valence-electron chi connectivity index (χ4n) is 1.68. The molecule has 0 saturated carbocycles. The summed E-state index contributed by atoms with van der Waals surface area (Å²) in [5, 5.41) is 8.99. The van der Waals surface area contributed by atoms with Crippen molar-refractivity contribution < 1.29 is 23.2 Å². The molecule has 0 aromatic rings. The summed E-state index contributed by atoms with van der Waals surface area (Å²) < 4.78 is 8.26. The van der Waals surface area contributed by atoms with Crippen molar-refractivity contribution in [3.05, 3.63) is 34.6 Å². The summed E-state index contributed by atoms with van der Waals surface area (Å²) in [5.41, 5.74) is 1.19. The van der Waals surface area contributed by atoms with Gasteiger partial charge >= 0.3 is 23.2 Å². The van der Waals surface area contributed by atoms with Crippen molar-refractivity contribution in [3.8, 4) is 0 Å². The molecule has 1 unspecified atom stereocenters. The van der Waals surface area contributed by atoms with Crippen molar-refractivity contribution in [1.29, 1.82) is 0 Å². The second-order valence-electron chi connectivity index (χ2n) is 3.28. The number of halogens is 3. The molecular weight excluding hydrogens is 366 g/mol. The Morgan fingerprint density at radius 2 is 1.88 bits per heavy atom. The summed E-state index contributed by atoms with van der Waals surface area (Å²) in [6, 6.07) is 0.406. The van der Waals surface area contributed by atoms with E-state index in [-0.39, 0.29) is 37.2 Å². The monoisotopic (exact) mass is 384 g/mol. The second kappa shape index (κ2) is 14.7. The van der Waals surface area contributed by atoms with E-state index in [0.717, 1.165) is 13.1 Å². The van der Waals surface area contributed by atoms with Gasteiger partial charge in [0.2, 0.25) is 0 Å². The first-order valence-electron chi connectivity index (χ1n) is 4.84. The quantitative estimate of drug-likeness (QED) is 0.634. The zero-order chi connectivity index (χ0) is 10.2. The molecule has 0 aromatic carbocycles. The molecule has 17 heavy (non-hydrogen) atoms. The van der Waals surface area contributed by atoms with Crippen LogP contribution in [0.5, 0.6) is 0 Å². The summed E-state index contributed by atoms with van der Waals surface area (Å²) in [4.78, 5) is 0. The van der Waals surface area contributed by atoms with Gasteiger partial charge in [0.25, 0.3) is 0 Å². The Bertz CT molecular complexity index is 234. The first-order chi connectivity index (χ1) is 6.97. The van der Waals surface area contributed by atoms with Crippen LogP contribution in [0.4, 0.5) is 0 Å². The molecule has 0 bridgehead atoms. The van der Waals surface area contributed by atoms with Crippen molar-refractivity contribution in [1.82, 2.24) is 0 Å². The molecule has 1 atom stereocenters. The summed E-state index contributed by atoms with van der Waals surface area (Å²) >= 11 is 0.700. The summed E-state index contributed by atoms with van der Waals surface area (Å²) in [5.74, 6) is 0. The van der Waals surface area contributed by atoms with Gasteiger partial charge in [0.05, 0.1) is 0 Å². The molecule has 2 heterocycles. The fourth-order valence-corrected chi connectivity index (χ4v) is 1.68. The SMILES string of the molecule is C1=CC[N-]C(C2CCCC[N-]2)=C1.Cl.Cl.Cl.[O]=[Mo]. The first kappa shape index (κ1) is 22.8. The molecule has 1 fully saturated rings. The van der Waals surface area contributed by atoms with Gasteiger partial charge in [-0.15, -0.1) is 62.4 Å². The van der Waals surface area contributed by atoms with E-state index in [1.165, 1.54) is 25.0 Å². The first-order valence-corrected chi connectivity index (χ1v) is 5.66. The topological polar surface area (TPSA) is 45.3 Å². The van der Waals surface area contributed by atoms with Crippen LogP contribution >= 0.6 is 37.2 Å². The molecule has 2 aliphatic heterocycles. The third kappa shape index (κ3) is 8.34. The molecule has 2 aliphatic rings. The predicted molar refractivity (Wildman–Crippen MR) is 73.7 cm³/mol. The average molecular weight is 384 g/mol. The van der Waals surface area contributed by atoms with E-state index in [4.69, 9.17) is 3.40 Å². The fraction of sp³-hybridized carbons (Fsp3) is 0.600. The standard InChI is InChI=1S/C10H14N2.3ClH.Mo.O/c1-3-7-11-9(5-1)10-6-2-4-8-12-10;;;;;/h1,3,5,10H,2,4,6-8H2;3*1H;;/q-2;;;;;. The third-order valence-corrected chi connectivity index (χ3v) is 2.36. The molecule has 0 amide bonds. The van der Waals surface area contributed by atoms with Gasteiger partial charge in [-0.25, -0.2) is 0 Å². The van der Waals surface area contributed by atoms with Crippen molar-refractivity contribution in [2.24, 2.45) is 0 Å². The van der Waals surface area contributed by atoms with Crippen LogP contribution in [0.2, 0.25) is 0 Å². The van der Waals surface area contributed by atoms with Crippen LogP contribution < -0.4 is 0 Å². The molecule has 0 spiro atoms.